The molecule has 0 unspecified atom stereocenters. The zero-order valence-corrected chi connectivity index (χ0v) is 8.25. The number of alkyl halides is 3. The Hall–Kier alpha value is -0.590. The summed E-state index contributed by atoms with van der Waals surface area (Å²) >= 11 is 1.70. The van der Waals surface area contributed by atoms with E-state index in [1.807, 2.05) is 5.32 Å². The number of carbonyl (C=O) groups is 1. The van der Waals surface area contributed by atoms with Gasteiger partial charge in [-0.15, -0.1) is 0 Å². The molecule has 0 aromatic heterocycles. The van der Waals surface area contributed by atoms with Crippen LogP contribution in [0.25, 0.3) is 0 Å². The van der Waals surface area contributed by atoms with Gasteiger partial charge in [0.1, 0.15) is 6.54 Å². The number of thioether (sulfide) groups is 1. The lowest BCUT2D eigenvalue weighted by molar-refractivity contribution is -0.123. The molecule has 3 nitrogen and oxygen atoms in total. The van der Waals surface area contributed by atoms with Crippen LogP contribution < -0.4 is 5.32 Å². The van der Waals surface area contributed by atoms with Crippen molar-refractivity contribution in [2.45, 2.75) is 6.18 Å². The highest BCUT2D eigenvalue weighted by molar-refractivity contribution is 7.99. The van der Waals surface area contributed by atoms with Crippen LogP contribution in [-0.2, 0) is 0 Å². The van der Waals surface area contributed by atoms with Crippen LogP contribution in [0.1, 0.15) is 0 Å². The molecule has 0 saturated carbocycles. The first-order chi connectivity index (χ1) is 6.49. The third kappa shape index (κ3) is 4.08. The van der Waals surface area contributed by atoms with Gasteiger partial charge in [-0.1, -0.05) is 0 Å². The van der Waals surface area contributed by atoms with Gasteiger partial charge in [0.2, 0.25) is 0 Å². The standard InChI is InChI=1S/C7H11F3N2OS/c8-7(9,10)5-11-6(13)12-1-3-14-4-2-12/h1-5H2,(H,11,13). The van der Waals surface area contributed by atoms with E-state index < -0.39 is 18.8 Å². The van der Waals surface area contributed by atoms with Crippen LogP contribution in [0.3, 0.4) is 0 Å². The first-order valence-corrected chi connectivity index (χ1v) is 5.32. The van der Waals surface area contributed by atoms with Crippen molar-refractivity contribution in [3.05, 3.63) is 0 Å². The van der Waals surface area contributed by atoms with Gasteiger partial charge in [-0.05, 0) is 0 Å². The molecular formula is C7H11F3N2OS. The molecule has 1 N–H and O–H groups in total. The summed E-state index contributed by atoms with van der Waals surface area (Å²) in [7, 11) is 0. The molecule has 1 saturated heterocycles. The average molecular weight is 228 g/mol. The summed E-state index contributed by atoms with van der Waals surface area (Å²) in [5.74, 6) is 1.58. The first-order valence-electron chi connectivity index (χ1n) is 4.16. The third-order valence-corrected chi connectivity index (χ3v) is 2.68. The molecule has 14 heavy (non-hydrogen) atoms. The monoisotopic (exact) mass is 228 g/mol. The molecular weight excluding hydrogens is 217 g/mol. The largest absolute Gasteiger partial charge is 0.405 e. The lowest BCUT2D eigenvalue weighted by atomic mass is 10.5. The van der Waals surface area contributed by atoms with Crippen molar-refractivity contribution < 1.29 is 18.0 Å². The highest BCUT2D eigenvalue weighted by Crippen LogP contribution is 2.13. The van der Waals surface area contributed by atoms with Gasteiger partial charge < -0.3 is 10.2 Å². The summed E-state index contributed by atoms with van der Waals surface area (Å²) in [4.78, 5) is 12.6. The summed E-state index contributed by atoms with van der Waals surface area (Å²) in [6.45, 7) is -0.210. The summed E-state index contributed by atoms with van der Waals surface area (Å²) < 4.78 is 35.2. The van der Waals surface area contributed by atoms with E-state index in [9.17, 15) is 18.0 Å². The molecule has 7 heteroatoms. The van der Waals surface area contributed by atoms with Crippen LogP contribution >= 0.6 is 11.8 Å². The van der Waals surface area contributed by atoms with Crippen molar-refractivity contribution in [1.82, 2.24) is 10.2 Å². The molecule has 1 rings (SSSR count). The van der Waals surface area contributed by atoms with E-state index in [0.717, 1.165) is 11.5 Å². The summed E-state index contributed by atoms with van der Waals surface area (Å²) in [5.41, 5.74) is 0. The number of rotatable bonds is 1. The van der Waals surface area contributed by atoms with E-state index in [0.29, 0.717) is 13.1 Å². The molecule has 0 aliphatic carbocycles. The molecule has 0 aromatic carbocycles. The number of carbonyl (C=O) groups excluding carboxylic acids is 1. The van der Waals surface area contributed by atoms with E-state index in [1.54, 1.807) is 11.8 Å². The highest BCUT2D eigenvalue weighted by Gasteiger charge is 2.29. The minimum absolute atomic E-state index is 0.522. The van der Waals surface area contributed by atoms with Gasteiger partial charge >= 0.3 is 12.2 Å². The zero-order chi connectivity index (χ0) is 10.6. The van der Waals surface area contributed by atoms with E-state index in [4.69, 9.17) is 0 Å². The van der Waals surface area contributed by atoms with Crippen molar-refractivity contribution in [2.75, 3.05) is 31.1 Å². The van der Waals surface area contributed by atoms with Crippen molar-refractivity contribution in [2.24, 2.45) is 0 Å². The van der Waals surface area contributed by atoms with E-state index in [2.05, 4.69) is 0 Å². The maximum Gasteiger partial charge on any atom is 0.405 e. The normalized spacial score (nSPS) is 18.1. The molecule has 1 aliphatic rings. The number of hydrogen-bond acceptors (Lipinski definition) is 2. The molecule has 1 aliphatic heterocycles. The third-order valence-electron chi connectivity index (χ3n) is 1.74. The lowest BCUT2D eigenvalue weighted by Gasteiger charge is -2.26. The number of hydrogen-bond donors (Lipinski definition) is 1. The van der Waals surface area contributed by atoms with Gasteiger partial charge in [0, 0.05) is 24.6 Å². The number of amides is 2. The van der Waals surface area contributed by atoms with Crippen LogP contribution in [0, 0.1) is 0 Å². The Bertz CT molecular complexity index is 204. The number of nitrogens with zero attached hydrogens (tertiary/aromatic N) is 1. The maximum atomic E-state index is 11.7. The minimum Gasteiger partial charge on any atom is -0.329 e. The van der Waals surface area contributed by atoms with Crippen molar-refractivity contribution >= 4 is 17.8 Å². The van der Waals surface area contributed by atoms with Gasteiger partial charge in [-0.3, -0.25) is 0 Å². The van der Waals surface area contributed by atoms with Crippen molar-refractivity contribution in [3.63, 3.8) is 0 Å². The highest BCUT2D eigenvalue weighted by atomic mass is 32.2. The molecule has 1 fully saturated rings. The predicted molar refractivity (Wildman–Crippen MR) is 48.4 cm³/mol. The molecule has 0 atom stereocenters. The Balaban J connectivity index is 2.27. The van der Waals surface area contributed by atoms with Crippen LogP contribution in [0.5, 0.6) is 0 Å². The molecule has 0 aromatic rings. The average Bonchev–Trinajstić information content (AvgIpc) is 2.14. The lowest BCUT2D eigenvalue weighted by Crippen LogP contribution is -2.46. The van der Waals surface area contributed by atoms with E-state index in [1.165, 1.54) is 4.90 Å². The molecule has 82 valence electrons. The SMILES string of the molecule is O=C(NCC(F)(F)F)N1CCSCC1. The van der Waals surface area contributed by atoms with Crippen LogP contribution in [0.4, 0.5) is 18.0 Å². The minimum atomic E-state index is -4.33. The fourth-order valence-corrected chi connectivity index (χ4v) is 1.96. The topological polar surface area (TPSA) is 32.3 Å². The smallest absolute Gasteiger partial charge is 0.329 e. The quantitative estimate of drug-likeness (QED) is 0.733. The van der Waals surface area contributed by atoms with E-state index >= 15 is 0 Å². The fourth-order valence-electron chi connectivity index (χ4n) is 1.05. The second kappa shape index (κ2) is 4.77. The Kier molecular flexibility index (Phi) is 3.91. The molecule has 0 spiro atoms. The zero-order valence-electron chi connectivity index (χ0n) is 7.43. The number of nitrogens with one attached hydrogen (secondary N) is 1. The molecule has 0 bridgehead atoms. The second-order valence-corrected chi connectivity index (χ2v) is 4.10. The summed E-state index contributed by atoms with van der Waals surface area (Å²) in [5, 5.41) is 1.85. The van der Waals surface area contributed by atoms with Gasteiger partial charge in [0.15, 0.2) is 0 Å². The Morgan fingerprint density at radius 2 is 1.93 bits per heavy atom. The van der Waals surface area contributed by atoms with Gasteiger partial charge in [0.05, 0.1) is 0 Å². The Morgan fingerprint density at radius 3 is 2.43 bits per heavy atom. The Morgan fingerprint density at radius 1 is 1.36 bits per heavy atom. The van der Waals surface area contributed by atoms with Gasteiger partial charge in [-0.2, -0.15) is 24.9 Å². The van der Waals surface area contributed by atoms with Gasteiger partial charge in [-0.25, -0.2) is 4.79 Å². The van der Waals surface area contributed by atoms with Gasteiger partial charge in [0.25, 0.3) is 0 Å². The fraction of sp³-hybridized carbons (Fsp3) is 0.857. The van der Waals surface area contributed by atoms with Crippen molar-refractivity contribution in [1.29, 1.82) is 0 Å². The van der Waals surface area contributed by atoms with Crippen LogP contribution in [0.2, 0.25) is 0 Å². The second-order valence-electron chi connectivity index (χ2n) is 2.87. The first kappa shape index (κ1) is 11.5. The van der Waals surface area contributed by atoms with Crippen LogP contribution in [-0.4, -0.2) is 48.2 Å². The molecule has 0 radical (unpaired) electrons. The van der Waals surface area contributed by atoms with Crippen molar-refractivity contribution in [3.8, 4) is 0 Å². The predicted octanol–water partition coefficient (Wildman–Crippen LogP) is 1.31. The maximum absolute atomic E-state index is 11.7. The number of urea groups is 1. The summed E-state index contributed by atoms with van der Waals surface area (Å²) in [6, 6.07) is -0.623. The Labute approximate surface area is 84.0 Å². The van der Waals surface area contributed by atoms with E-state index in [-0.39, 0.29) is 0 Å². The summed E-state index contributed by atoms with van der Waals surface area (Å²) in [6.07, 6.45) is -4.33. The molecule has 1 heterocycles. The molecule has 2 amide bonds. The number of halogens is 3. The van der Waals surface area contributed by atoms with Crippen LogP contribution in [0.15, 0.2) is 0 Å².